The molecule has 112 valence electrons. The van der Waals surface area contributed by atoms with Crippen LogP contribution in [-0.2, 0) is 10.0 Å². The highest BCUT2D eigenvalue weighted by Crippen LogP contribution is 2.22. The molecule has 8 heteroatoms. The first-order chi connectivity index (χ1) is 9.98. The number of amides is 2. The van der Waals surface area contributed by atoms with Gasteiger partial charge in [-0.25, -0.2) is 13.1 Å². The van der Waals surface area contributed by atoms with E-state index in [0.717, 1.165) is 4.90 Å². The average Bonchev–Trinajstić information content (AvgIpc) is 2.65. The molecule has 21 heavy (non-hydrogen) atoms. The third-order valence-electron chi connectivity index (χ3n) is 3.59. The van der Waals surface area contributed by atoms with Gasteiger partial charge in [-0.2, -0.15) is 0 Å². The topological polar surface area (TPSA) is 95.6 Å². The van der Waals surface area contributed by atoms with Crippen molar-refractivity contribution in [3.63, 3.8) is 0 Å². The zero-order valence-corrected chi connectivity index (χ0v) is 12.0. The number of benzene rings is 1. The second kappa shape index (κ2) is 5.21. The number of nitrogens with zero attached hydrogens (tertiary/aromatic N) is 1. The largest absolute Gasteiger partial charge is 0.313 e. The summed E-state index contributed by atoms with van der Waals surface area (Å²) in [6.45, 7) is 1.07. The van der Waals surface area contributed by atoms with Crippen molar-refractivity contribution >= 4 is 21.8 Å². The summed E-state index contributed by atoms with van der Waals surface area (Å²) < 4.78 is 26.3. The first-order valence-corrected chi connectivity index (χ1v) is 8.29. The Kier molecular flexibility index (Phi) is 3.52. The van der Waals surface area contributed by atoms with Crippen molar-refractivity contribution in [2.45, 2.75) is 6.04 Å². The molecule has 0 radical (unpaired) electrons. The maximum Gasteiger partial charge on any atom is 0.261 e. The molecule has 2 aliphatic heterocycles. The molecule has 2 heterocycles. The summed E-state index contributed by atoms with van der Waals surface area (Å²) in [5, 5.41) is 2.96. The highest BCUT2D eigenvalue weighted by atomic mass is 32.2. The van der Waals surface area contributed by atoms with Crippen LogP contribution in [0.2, 0.25) is 0 Å². The first-order valence-electron chi connectivity index (χ1n) is 6.64. The predicted molar refractivity (Wildman–Crippen MR) is 75.4 cm³/mol. The molecular weight excluding hydrogens is 294 g/mol. The van der Waals surface area contributed by atoms with Gasteiger partial charge in [0.1, 0.15) is 0 Å². The SMILES string of the molecule is O=C1c2ccccc2C(=O)N1CCS(=O)(=O)NC1CNC1. The van der Waals surface area contributed by atoms with Gasteiger partial charge in [0.2, 0.25) is 10.0 Å². The molecular formula is C13H15N3O4S. The van der Waals surface area contributed by atoms with Crippen molar-refractivity contribution in [1.29, 1.82) is 0 Å². The minimum atomic E-state index is -3.50. The molecule has 1 aromatic carbocycles. The number of imide groups is 1. The molecule has 0 unspecified atom stereocenters. The molecule has 2 amide bonds. The molecule has 2 N–H and O–H groups in total. The molecule has 0 bridgehead atoms. The standard InChI is InChI=1S/C13H15N3O4S/c17-12-10-3-1-2-4-11(10)13(18)16(12)5-6-21(19,20)15-9-7-14-8-9/h1-4,9,14-15H,5-8H2. The van der Waals surface area contributed by atoms with Crippen LogP contribution in [0.4, 0.5) is 0 Å². The van der Waals surface area contributed by atoms with E-state index in [0.29, 0.717) is 24.2 Å². The van der Waals surface area contributed by atoms with Crippen LogP contribution < -0.4 is 10.0 Å². The summed E-state index contributed by atoms with van der Waals surface area (Å²) in [6.07, 6.45) is 0. The van der Waals surface area contributed by atoms with Crippen LogP contribution in [0.25, 0.3) is 0 Å². The summed E-state index contributed by atoms with van der Waals surface area (Å²) in [7, 11) is -3.50. The van der Waals surface area contributed by atoms with Gasteiger partial charge in [0.25, 0.3) is 11.8 Å². The van der Waals surface area contributed by atoms with Crippen LogP contribution in [0.5, 0.6) is 0 Å². The van der Waals surface area contributed by atoms with Gasteiger partial charge in [-0.05, 0) is 12.1 Å². The lowest BCUT2D eigenvalue weighted by molar-refractivity contribution is 0.0664. The predicted octanol–water partition coefficient (Wildman–Crippen LogP) is -0.826. The molecule has 1 aromatic rings. The van der Waals surface area contributed by atoms with Crippen LogP contribution in [0, 0.1) is 0 Å². The molecule has 0 aromatic heterocycles. The Labute approximate surface area is 122 Å². The van der Waals surface area contributed by atoms with Crippen LogP contribution in [0.1, 0.15) is 20.7 Å². The van der Waals surface area contributed by atoms with Gasteiger partial charge in [0.05, 0.1) is 16.9 Å². The number of nitrogens with one attached hydrogen (secondary N) is 2. The fourth-order valence-electron chi connectivity index (χ4n) is 2.34. The summed E-state index contributed by atoms with van der Waals surface area (Å²) in [5.41, 5.74) is 0.659. The van der Waals surface area contributed by atoms with Crippen LogP contribution >= 0.6 is 0 Å². The van der Waals surface area contributed by atoms with Crippen molar-refractivity contribution in [2.75, 3.05) is 25.4 Å². The number of carbonyl (C=O) groups is 2. The van der Waals surface area contributed by atoms with Gasteiger partial charge in [0.15, 0.2) is 0 Å². The van der Waals surface area contributed by atoms with Gasteiger partial charge in [-0.15, -0.1) is 0 Å². The smallest absolute Gasteiger partial charge is 0.261 e. The second-order valence-corrected chi connectivity index (χ2v) is 6.97. The summed E-state index contributed by atoms with van der Waals surface area (Å²) >= 11 is 0. The van der Waals surface area contributed by atoms with E-state index in [9.17, 15) is 18.0 Å². The van der Waals surface area contributed by atoms with E-state index >= 15 is 0 Å². The van der Waals surface area contributed by atoms with Crippen LogP contribution in [0.15, 0.2) is 24.3 Å². The van der Waals surface area contributed by atoms with Gasteiger partial charge < -0.3 is 5.32 Å². The number of hydrogen-bond acceptors (Lipinski definition) is 5. The average molecular weight is 309 g/mol. The van der Waals surface area contributed by atoms with Crippen molar-refractivity contribution in [3.8, 4) is 0 Å². The van der Waals surface area contributed by atoms with Gasteiger partial charge >= 0.3 is 0 Å². The summed E-state index contributed by atoms with van der Waals surface area (Å²) in [4.78, 5) is 25.2. The highest BCUT2D eigenvalue weighted by molar-refractivity contribution is 7.89. The lowest BCUT2D eigenvalue weighted by Gasteiger charge is -2.27. The van der Waals surface area contributed by atoms with Crippen molar-refractivity contribution in [3.05, 3.63) is 35.4 Å². The Morgan fingerprint density at radius 2 is 1.71 bits per heavy atom. The molecule has 3 rings (SSSR count). The minimum Gasteiger partial charge on any atom is -0.313 e. The highest BCUT2D eigenvalue weighted by Gasteiger charge is 2.35. The van der Waals surface area contributed by atoms with Crippen LogP contribution in [-0.4, -0.2) is 56.6 Å². The lowest BCUT2D eigenvalue weighted by atomic mass is 10.1. The second-order valence-electron chi connectivity index (χ2n) is 5.10. The Hall–Kier alpha value is -1.77. The van der Waals surface area contributed by atoms with Crippen molar-refractivity contribution < 1.29 is 18.0 Å². The molecule has 2 aliphatic rings. The van der Waals surface area contributed by atoms with E-state index in [2.05, 4.69) is 10.0 Å². The Balaban J connectivity index is 1.66. The Bertz CT molecular complexity index is 662. The molecule has 0 atom stereocenters. The lowest BCUT2D eigenvalue weighted by Crippen LogP contribution is -2.57. The number of rotatable bonds is 5. The minimum absolute atomic E-state index is 0.0998. The molecule has 1 fully saturated rings. The van der Waals surface area contributed by atoms with E-state index in [1.54, 1.807) is 24.3 Å². The Morgan fingerprint density at radius 1 is 1.14 bits per heavy atom. The molecule has 1 saturated heterocycles. The molecule has 0 spiro atoms. The summed E-state index contributed by atoms with van der Waals surface area (Å²) in [6, 6.07) is 6.40. The van der Waals surface area contributed by atoms with Gasteiger partial charge in [-0.1, -0.05) is 12.1 Å². The fourth-order valence-corrected chi connectivity index (χ4v) is 3.55. The van der Waals surface area contributed by atoms with Crippen molar-refractivity contribution in [1.82, 2.24) is 14.9 Å². The van der Waals surface area contributed by atoms with E-state index in [1.165, 1.54) is 0 Å². The van der Waals surface area contributed by atoms with Gasteiger partial charge in [-0.3, -0.25) is 14.5 Å². The van der Waals surface area contributed by atoms with E-state index in [1.807, 2.05) is 0 Å². The number of carbonyl (C=O) groups excluding carboxylic acids is 2. The maximum atomic E-state index is 12.1. The van der Waals surface area contributed by atoms with E-state index < -0.39 is 21.8 Å². The maximum absolute atomic E-state index is 12.1. The third-order valence-corrected chi connectivity index (χ3v) is 5.00. The van der Waals surface area contributed by atoms with Crippen molar-refractivity contribution in [2.24, 2.45) is 0 Å². The normalized spacial score (nSPS) is 18.8. The zero-order valence-electron chi connectivity index (χ0n) is 11.2. The molecule has 0 aliphatic carbocycles. The number of sulfonamides is 1. The third kappa shape index (κ3) is 2.69. The van der Waals surface area contributed by atoms with E-state index in [-0.39, 0.29) is 18.3 Å². The monoisotopic (exact) mass is 309 g/mol. The number of hydrogen-bond donors (Lipinski definition) is 2. The quantitative estimate of drug-likeness (QED) is 0.693. The van der Waals surface area contributed by atoms with Crippen LogP contribution in [0.3, 0.4) is 0 Å². The molecule has 7 nitrogen and oxygen atoms in total. The summed E-state index contributed by atoms with van der Waals surface area (Å²) in [5.74, 6) is -1.15. The first kappa shape index (κ1) is 14.2. The van der Waals surface area contributed by atoms with Gasteiger partial charge in [0, 0.05) is 25.7 Å². The van der Waals surface area contributed by atoms with E-state index in [4.69, 9.17) is 0 Å². The number of fused-ring (bicyclic) bond motifs is 1. The zero-order chi connectivity index (χ0) is 15.0. The fraction of sp³-hybridized carbons (Fsp3) is 0.385. The molecule has 0 saturated carbocycles. The Morgan fingerprint density at radius 3 is 2.19 bits per heavy atom.